The van der Waals surface area contributed by atoms with Gasteiger partial charge >= 0.3 is 0 Å². The normalized spacial score (nSPS) is 16.2. The zero-order valence-corrected chi connectivity index (χ0v) is 11.4. The van der Waals surface area contributed by atoms with Gasteiger partial charge in [0.2, 0.25) is 5.91 Å². The molecule has 0 N–H and O–H groups in total. The van der Waals surface area contributed by atoms with Crippen molar-refractivity contribution in [3.63, 3.8) is 0 Å². The Balaban J connectivity index is 2.05. The Morgan fingerprint density at radius 3 is 2.50 bits per heavy atom. The fourth-order valence-electron chi connectivity index (χ4n) is 2.22. The van der Waals surface area contributed by atoms with Gasteiger partial charge in [-0.1, -0.05) is 13.8 Å². The van der Waals surface area contributed by atoms with Crippen LogP contribution in [0.25, 0.3) is 0 Å². The van der Waals surface area contributed by atoms with Crippen molar-refractivity contribution in [3.05, 3.63) is 23.9 Å². The van der Waals surface area contributed by atoms with E-state index in [1.54, 1.807) is 6.92 Å². The molecular weight excluding hydrogens is 226 g/mol. The van der Waals surface area contributed by atoms with E-state index in [1.807, 2.05) is 11.1 Å². The zero-order valence-electron chi connectivity index (χ0n) is 11.4. The number of carbonyl (C=O) groups excluding carboxylic acids is 1. The number of aromatic nitrogens is 1. The Labute approximate surface area is 109 Å². The van der Waals surface area contributed by atoms with E-state index in [-0.39, 0.29) is 5.91 Å². The molecule has 98 valence electrons. The first-order valence-electron chi connectivity index (χ1n) is 6.54. The molecule has 1 saturated heterocycles. The molecule has 0 spiro atoms. The van der Waals surface area contributed by atoms with E-state index in [0.717, 1.165) is 32.0 Å². The lowest BCUT2D eigenvalue weighted by atomic mass is 10.0. The van der Waals surface area contributed by atoms with Gasteiger partial charge in [0, 0.05) is 39.3 Å². The Bertz CT molecular complexity index is 423. The van der Waals surface area contributed by atoms with Crippen molar-refractivity contribution in [2.75, 3.05) is 31.1 Å². The van der Waals surface area contributed by atoms with Gasteiger partial charge in [0.25, 0.3) is 0 Å². The average Bonchev–Trinajstić information content (AvgIpc) is 2.39. The van der Waals surface area contributed by atoms with Gasteiger partial charge in [0.05, 0.1) is 0 Å². The molecule has 0 saturated carbocycles. The first-order valence-corrected chi connectivity index (χ1v) is 6.54. The monoisotopic (exact) mass is 247 g/mol. The van der Waals surface area contributed by atoms with Crippen molar-refractivity contribution in [1.29, 1.82) is 0 Å². The number of piperazine rings is 1. The lowest BCUT2D eigenvalue weighted by Crippen LogP contribution is -2.48. The van der Waals surface area contributed by atoms with Crippen LogP contribution in [-0.4, -0.2) is 42.0 Å². The largest absolute Gasteiger partial charge is 0.353 e. The number of carbonyl (C=O) groups is 1. The first kappa shape index (κ1) is 12.9. The second kappa shape index (κ2) is 5.38. The highest BCUT2D eigenvalue weighted by Gasteiger charge is 2.19. The molecule has 4 nitrogen and oxygen atoms in total. The molecule has 4 heteroatoms. The number of nitrogens with zero attached hydrogens (tertiary/aromatic N) is 3. The third-order valence-electron chi connectivity index (χ3n) is 3.49. The maximum absolute atomic E-state index is 11.3. The number of anilines is 1. The predicted molar refractivity (Wildman–Crippen MR) is 72.8 cm³/mol. The number of rotatable bonds is 2. The predicted octanol–water partition coefficient (Wildman–Crippen LogP) is 1.87. The van der Waals surface area contributed by atoms with Crippen LogP contribution in [0, 0.1) is 0 Å². The molecule has 1 aromatic heterocycles. The van der Waals surface area contributed by atoms with E-state index < -0.39 is 0 Å². The minimum absolute atomic E-state index is 0.165. The van der Waals surface area contributed by atoms with Gasteiger partial charge in [-0.2, -0.15) is 0 Å². The maximum atomic E-state index is 11.3. The molecule has 0 bridgehead atoms. The van der Waals surface area contributed by atoms with Crippen LogP contribution in [0.5, 0.6) is 0 Å². The Kier molecular flexibility index (Phi) is 3.84. The third-order valence-corrected chi connectivity index (χ3v) is 3.49. The van der Waals surface area contributed by atoms with Crippen LogP contribution in [0.4, 0.5) is 5.82 Å². The molecule has 1 aliphatic rings. The van der Waals surface area contributed by atoms with Crippen molar-refractivity contribution in [2.45, 2.75) is 26.7 Å². The van der Waals surface area contributed by atoms with Gasteiger partial charge < -0.3 is 9.80 Å². The first-order chi connectivity index (χ1) is 8.58. The van der Waals surface area contributed by atoms with E-state index in [0.29, 0.717) is 5.92 Å². The van der Waals surface area contributed by atoms with E-state index in [2.05, 4.69) is 35.9 Å². The van der Waals surface area contributed by atoms with Gasteiger partial charge in [0.15, 0.2) is 0 Å². The highest BCUT2D eigenvalue weighted by atomic mass is 16.2. The number of hydrogen-bond donors (Lipinski definition) is 0. The lowest BCUT2D eigenvalue weighted by molar-refractivity contribution is -0.129. The number of pyridine rings is 1. The summed E-state index contributed by atoms with van der Waals surface area (Å²) >= 11 is 0. The Morgan fingerprint density at radius 1 is 1.28 bits per heavy atom. The lowest BCUT2D eigenvalue weighted by Gasteiger charge is -2.35. The van der Waals surface area contributed by atoms with Crippen LogP contribution in [0.1, 0.15) is 32.3 Å². The quantitative estimate of drug-likeness (QED) is 0.800. The topological polar surface area (TPSA) is 36.4 Å². The summed E-state index contributed by atoms with van der Waals surface area (Å²) < 4.78 is 0. The Hall–Kier alpha value is -1.58. The van der Waals surface area contributed by atoms with Crippen molar-refractivity contribution in [2.24, 2.45) is 0 Å². The average molecular weight is 247 g/mol. The molecule has 2 heterocycles. The van der Waals surface area contributed by atoms with Crippen molar-refractivity contribution in [1.82, 2.24) is 9.88 Å². The van der Waals surface area contributed by atoms with Gasteiger partial charge in [-0.05, 0) is 23.6 Å². The van der Waals surface area contributed by atoms with Gasteiger partial charge in [-0.3, -0.25) is 4.79 Å². The summed E-state index contributed by atoms with van der Waals surface area (Å²) in [4.78, 5) is 19.9. The minimum atomic E-state index is 0.165. The fourth-order valence-corrected chi connectivity index (χ4v) is 2.22. The van der Waals surface area contributed by atoms with Crippen LogP contribution in [0.2, 0.25) is 0 Å². The molecule has 1 aliphatic heterocycles. The van der Waals surface area contributed by atoms with E-state index in [1.165, 1.54) is 5.56 Å². The molecular formula is C14H21N3O. The number of amides is 1. The molecule has 0 aliphatic carbocycles. The standard InChI is InChI=1S/C14H21N3O/c1-11(2)13-4-5-15-14(10-13)17-8-6-16(7-9-17)12(3)18/h4-5,10-11H,6-9H2,1-3H3. The van der Waals surface area contributed by atoms with Crippen molar-refractivity contribution >= 4 is 11.7 Å². The smallest absolute Gasteiger partial charge is 0.219 e. The van der Waals surface area contributed by atoms with E-state index in [9.17, 15) is 4.79 Å². The fraction of sp³-hybridized carbons (Fsp3) is 0.571. The second-order valence-corrected chi connectivity index (χ2v) is 5.10. The summed E-state index contributed by atoms with van der Waals surface area (Å²) in [6.07, 6.45) is 1.88. The highest BCUT2D eigenvalue weighted by Crippen LogP contribution is 2.20. The summed E-state index contributed by atoms with van der Waals surface area (Å²) in [5, 5.41) is 0. The minimum Gasteiger partial charge on any atom is -0.353 e. The van der Waals surface area contributed by atoms with Crippen LogP contribution < -0.4 is 4.90 Å². The molecule has 0 atom stereocenters. The van der Waals surface area contributed by atoms with E-state index >= 15 is 0 Å². The molecule has 1 amide bonds. The van der Waals surface area contributed by atoms with Crippen molar-refractivity contribution < 1.29 is 4.79 Å². The maximum Gasteiger partial charge on any atom is 0.219 e. The SMILES string of the molecule is CC(=O)N1CCN(c2cc(C(C)C)ccn2)CC1. The van der Waals surface area contributed by atoms with Crippen molar-refractivity contribution in [3.8, 4) is 0 Å². The molecule has 18 heavy (non-hydrogen) atoms. The summed E-state index contributed by atoms with van der Waals surface area (Å²) in [6.45, 7) is 9.33. The molecule has 0 unspecified atom stereocenters. The zero-order chi connectivity index (χ0) is 13.1. The molecule has 0 aromatic carbocycles. The second-order valence-electron chi connectivity index (χ2n) is 5.10. The molecule has 1 fully saturated rings. The molecule has 0 radical (unpaired) electrons. The third kappa shape index (κ3) is 2.81. The van der Waals surface area contributed by atoms with Crippen LogP contribution in [-0.2, 0) is 4.79 Å². The Morgan fingerprint density at radius 2 is 1.94 bits per heavy atom. The summed E-state index contributed by atoms with van der Waals surface area (Å²) in [7, 11) is 0. The highest BCUT2D eigenvalue weighted by molar-refractivity contribution is 5.73. The summed E-state index contributed by atoms with van der Waals surface area (Å²) in [6, 6.07) is 4.23. The van der Waals surface area contributed by atoms with Crippen LogP contribution in [0.15, 0.2) is 18.3 Å². The van der Waals surface area contributed by atoms with Crippen LogP contribution >= 0.6 is 0 Å². The van der Waals surface area contributed by atoms with Gasteiger partial charge in [-0.25, -0.2) is 4.98 Å². The number of hydrogen-bond acceptors (Lipinski definition) is 3. The molecule has 2 rings (SSSR count). The summed E-state index contributed by atoms with van der Waals surface area (Å²) in [5.74, 6) is 1.72. The van der Waals surface area contributed by atoms with Gasteiger partial charge in [-0.15, -0.1) is 0 Å². The van der Waals surface area contributed by atoms with Gasteiger partial charge in [0.1, 0.15) is 5.82 Å². The van der Waals surface area contributed by atoms with E-state index in [4.69, 9.17) is 0 Å². The molecule has 1 aromatic rings. The van der Waals surface area contributed by atoms with Crippen LogP contribution in [0.3, 0.4) is 0 Å². The summed E-state index contributed by atoms with van der Waals surface area (Å²) in [5.41, 5.74) is 1.31.